The van der Waals surface area contributed by atoms with Gasteiger partial charge in [-0.15, -0.1) is 0 Å². The smallest absolute Gasteiger partial charge is 0.346 e. The van der Waals surface area contributed by atoms with E-state index >= 15 is 0 Å². The van der Waals surface area contributed by atoms with Crippen LogP contribution in [0.1, 0.15) is 52.6 Å². The third kappa shape index (κ3) is 3.72. The Morgan fingerprint density at radius 3 is 2.00 bits per heavy atom. The second-order valence-corrected chi connectivity index (χ2v) is 5.30. The third-order valence-corrected chi connectivity index (χ3v) is 3.67. The van der Waals surface area contributed by atoms with Crippen LogP contribution in [0.2, 0.25) is 0 Å². The molecule has 2 rings (SSSR count). The molecule has 0 amide bonds. The van der Waals surface area contributed by atoms with E-state index in [2.05, 4.69) is 0 Å². The van der Waals surface area contributed by atoms with E-state index in [9.17, 15) is 19.2 Å². The number of carboxylic acid groups (broad SMARTS) is 2. The molecule has 0 saturated carbocycles. The van der Waals surface area contributed by atoms with Crippen LogP contribution >= 0.6 is 0 Å². The van der Waals surface area contributed by atoms with Crippen LogP contribution < -0.4 is 0 Å². The molecule has 0 radical (unpaired) electrons. The molecular weight excluding hydrogens is 328 g/mol. The minimum absolute atomic E-state index is 0.0566. The van der Waals surface area contributed by atoms with Crippen molar-refractivity contribution in [3.8, 4) is 0 Å². The molecule has 7 nitrogen and oxygen atoms in total. The number of esters is 2. The van der Waals surface area contributed by atoms with Crippen molar-refractivity contribution in [3.63, 3.8) is 0 Å². The second kappa shape index (κ2) is 6.96. The van der Waals surface area contributed by atoms with Crippen molar-refractivity contribution in [1.82, 2.24) is 0 Å². The van der Waals surface area contributed by atoms with Gasteiger partial charge < -0.3 is 14.9 Å². The zero-order valence-corrected chi connectivity index (χ0v) is 13.4. The average Bonchev–Trinajstić information content (AvgIpc) is 2.54. The minimum atomic E-state index is -1.21. The van der Waals surface area contributed by atoms with Gasteiger partial charge in [0.15, 0.2) is 0 Å². The van der Waals surface area contributed by atoms with Crippen molar-refractivity contribution < 1.29 is 34.1 Å². The summed E-state index contributed by atoms with van der Waals surface area (Å²) in [7, 11) is 0. The van der Waals surface area contributed by atoms with Gasteiger partial charge >= 0.3 is 23.9 Å². The summed E-state index contributed by atoms with van der Waals surface area (Å²) in [5, 5.41) is 18.1. The Balaban J connectivity index is 2.29. The highest BCUT2D eigenvalue weighted by atomic mass is 16.6. The topological polar surface area (TPSA) is 118 Å². The molecule has 2 N–H and O–H groups in total. The summed E-state index contributed by atoms with van der Waals surface area (Å²) < 4.78 is 4.75. The van der Waals surface area contributed by atoms with Gasteiger partial charge in [-0.1, -0.05) is 12.1 Å². The fraction of sp³-hybridized carbons (Fsp3) is 0.111. The van der Waals surface area contributed by atoms with E-state index in [4.69, 9.17) is 14.9 Å². The maximum atomic E-state index is 12.2. The van der Waals surface area contributed by atoms with Crippen molar-refractivity contribution in [2.75, 3.05) is 0 Å². The average molecular weight is 342 g/mol. The summed E-state index contributed by atoms with van der Waals surface area (Å²) in [5.41, 5.74) is 0.321. The van der Waals surface area contributed by atoms with Crippen LogP contribution in [0.5, 0.6) is 0 Å². The van der Waals surface area contributed by atoms with Gasteiger partial charge in [0, 0.05) is 0 Å². The molecular formula is C18H14O7. The highest BCUT2D eigenvalue weighted by Crippen LogP contribution is 2.17. The number of hydrogen-bond acceptors (Lipinski definition) is 5. The fourth-order valence-electron chi connectivity index (χ4n) is 2.27. The van der Waals surface area contributed by atoms with E-state index < -0.39 is 23.9 Å². The highest BCUT2D eigenvalue weighted by Gasteiger charge is 2.21. The van der Waals surface area contributed by atoms with Crippen LogP contribution in [0.25, 0.3) is 0 Å². The first-order valence-corrected chi connectivity index (χ1v) is 7.15. The van der Waals surface area contributed by atoms with Gasteiger partial charge in [-0.3, -0.25) is 0 Å². The number of aromatic carboxylic acids is 2. The minimum Gasteiger partial charge on any atom is -0.478 e. The van der Waals surface area contributed by atoms with E-state index in [0.717, 1.165) is 6.07 Å². The first-order chi connectivity index (χ1) is 11.7. The predicted molar refractivity (Wildman–Crippen MR) is 86.0 cm³/mol. The summed E-state index contributed by atoms with van der Waals surface area (Å²) in [6.07, 6.45) is 0. The molecule has 0 bridgehead atoms. The number of hydrogen-bond donors (Lipinski definition) is 2. The number of carbonyl (C=O) groups excluding carboxylic acids is 2. The molecule has 0 atom stereocenters. The van der Waals surface area contributed by atoms with Gasteiger partial charge in [0.1, 0.15) is 0 Å². The van der Waals surface area contributed by atoms with E-state index in [1.165, 1.54) is 37.3 Å². The van der Waals surface area contributed by atoms with Crippen LogP contribution in [0.15, 0.2) is 36.4 Å². The number of rotatable bonds is 4. The number of aryl methyl sites for hydroxylation is 1. The Morgan fingerprint density at radius 1 is 0.800 bits per heavy atom. The molecule has 0 aliphatic heterocycles. The lowest BCUT2D eigenvalue weighted by Gasteiger charge is -2.09. The molecule has 2 aromatic carbocycles. The van der Waals surface area contributed by atoms with Crippen LogP contribution in [0.4, 0.5) is 0 Å². The SMILES string of the molecule is Cc1ccc(C(=O)OC(=O)c2cccc(C(=O)O)c2C)cc1C(=O)O. The molecule has 0 aromatic heterocycles. The summed E-state index contributed by atoms with van der Waals surface area (Å²) in [6.45, 7) is 3.00. The normalized spacial score (nSPS) is 10.2. The van der Waals surface area contributed by atoms with Crippen molar-refractivity contribution >= 4 is 23.9 Å². The molecule has 0 unspecified atom stereocenters. The van der Waals surface area contributed by atoms with Crippen LogP contribution in [0, 0.1) is 13.8 Å². The maximum absolute atomic E-state index is 12.2. The Hall–Kier alpha value is -3.48. The van der Waals surface area contributed by atoms with Crippen LogP contribution in [-0.4, -0.2) is 34.1 Å². The van der Waals surface area contributed by atoms with Crippen molar-refractivity contribution in [3.05, 3.63) is 69.8 Å². The lowest BCUT2D eigenvalue weighted by molar-refractivity contribution is 0.0397. The number of carbonyl (C=O) groups is 4. The van der Waals surface area contributed by atoms with Crippen molar-refractivity contribution in [2.24, 2.45) is 0 Å². The third-order valence-electron chi connectivity index (χ3n) is 3.67. The standard InChI is InChI=1S/C18H14O7/c1-9-6-7-11(8-14(9)16(21)22)17(23)25-18(24)13-5-3-4-12(10(13)2)15(19)20/h3-8H,1-2H3,(H,19,20)(H,21,22). The lowest BCUT2D eigenvalue weighted by Crippen LogP contribution is -2.16. The van der Waals surface area contributed by atoms with E-state index in [1.807, 2.05) is 0 Å². The Bertz CT molecular complexity index is 896. The van der Waals surface area contributed by atoms with Crippen LogP contribution in [-0.2, 0) is 4.74 Å². The number of ether oxygens (including phenoxy) is 1. The Kier molecular flexibility index (Phi) is 4.97. The van der Waals surface area contributed by atoms with Crippen molar-refractivity contribution in [2.45, 2.75) is 13.8 Å². The number of benzene rings is 2. The van der Waals surface area contributed by atoms with Gasteiger partial charge in [0.2, 0.25) is 0 Å². The van der Waals surface area contributed by atoms with Gasteiger partial charge in [-0.2, -0.15) is 0 Å². The van der Waals surface area contributed by atoms with Gasteiger partial charge in [-0.05, 0) is 49.2 Å². The lowest BCUT2D eigenvalue weighted by atomic mass is 10.0. The quantitative estimate of drug-likeness (QED) is 0.648. The predicted octanol–water partition coefficient (Wildman–Crippen LogP) is 2.70. The van der Waals surface area contributed by atoms with Crippen LogP contribution in [0.3, 0.4) is 0 Å². The van der Waals surface area contributed by atoms with E-state index in [0.29, 0.717) is 5.56 Å². The van der Waals surface area contributed by atoms with E-state index in [1.54, 1.807) is 6.92 Å². The van der Waals surface area contributed by atoms with E-state index in [-0.39, 0.29) is 27.8 Å². The first kappa shape index (κ1) is 17.9. The van der Waals surface area contributed by atoms with Gasteiger partial charge in [0.05, 0.1) is 22.3 Å². The summed E-state index contributed by atoms with van der Waals surface area (Å²) in [6, 6.07) is 7.93. The monoisotopic (exact) mass is 342 g/mol. The zero-order valence-electron chi connectivity index (χ0n) is 13.4. The molecule has 128 valence electrons. The summed E-state index contributed by atoms with van der Waals surface area (Å²) in [4.78, 5) is 46.5. The first-order valence-electron chi connectivity index (χ1n) is 7.15. The molecule has 0 fully saturated rings. The second-order valence-electron chi connectivity index (χ2n) is 5.30. The largest absolute Gasteiger partial charge is 0.478 e. The summed E-state index contributed by atoms with van der Waals surface area (Å²) >= 11 is 0. The molecule has 0 spiro atoms. The number of carboxylic acids is 2. The maximum Gasteiger partial charge on any atom is 0.346 e. The highest BCUT2D eigenvalue weighted by molar-refractivity contribution is 6.05. The van der Waals surface area contributed by atoms with Gasteiger partial charge in [0.25, 0.3) is 0 Å². The fourth-order valence-corrected chi connectivity index (χ4v) is 2.27. The molecule has 0 aliphatic rings. The van der Waals surface area contributed by atoms with Crippen molar-refractivity contribution in [1.29, 1.82) is 0 Å². The zero-order chi connectivity index (χ0) is 18.7. The Morgan fingerprint density at radius 2 is 1.40 bits per heavy atom. The molecule has 0 saturated heterocycles. The molecule has 0 heterocycles. The Labute approximate surface area is 142 Å². The molecule has 7 heteroatoms. The van der Waals surface area contributed by atoms with Gasteiger partial charge in [-0.25, -0.2) is 19.2 Å². The molecule has 25 heavy (non-hydrogen) atoms. The molecule has 2 aromatic rings. The summed E-state index contributed by atoms with van der Waals surface area (Å²) in [5.74, 6) is -4.44. The molecule has 0 aliphatic carbocycles.